The van der Waals surface area contributed by atoms with Crippen molar-refractivity contribution in [3.8, 4) is 0 Å². The van der Waals surface area contributed by atoms with E-state index >= 15 is 0 Å². The molecule has 1 aliphatic carbocycles. The predicted molar refractivity (Wildman–Crippen MR) is 117 cm³/mol. The number of para-hydroxylation sites is 1. The topological polar surface area (TPSA) is 79.0 Å². The number of ether oxygens (including phenoxy) is 1. The summed E-state index contributed by atoms with van der Waals surface area (Å²) in [5.74, 6) is 0.508. The Morgan fingerprint density at radius 1 is 1.10 bits per heavy atom. The minimum absolute atomic E-state index is 0.0208. The summed E-state index contributed by atoms with van der Waals surface area (Å²) in [5.41, 5.74) is 2.44. The van der Waals surface area contributed by atoms with E-state index in [4.69, 9.17) is 4.74 Å². The number of hydrogen-bond acceptors (Lipinski definition) is 5. The lowest BCUT2D eigenvalue weighted by Crippen LogP contribution is -2.60. The first-order valence-corrected chi connectivity index (χ1v) is 12.9. The smallest absolute Gasteiger partial charge is 0.242 e. The van der Waals surface area contributed by atoms with E-state index in [0.717, 1.165) is 44.2 Å². The van der Waals surface area contributed by atoms with E-state index in [9.17, 15) is 13.2 Å². The third kappa shape index (κ3) is 4.81. The highest BCUT2D eigenvalue weighted by Crippen LogP contribution is 2.39. The van der Waals surface area contributed by atoms with Gasteiger partial charge in [0.25, 0.3) is 0 Å². The van der Waals surface area contributed by atoms with Gasteiger partial charge < -0.3 is 14.5 Å². The van der Waals surface area contributed by atoms with Gasteiger partial charge in [0.05, 0.1) is 31.6 Å². The van der Waals surface area contributed by atoms with Crippen LogP contribution in [0.3, 0.4) is 0 Å². The molecule has 1 aromatic rings. The number of hydrogen-bond donors (Lipinski definition) is 1. The molecule has 1 amide bonds. The van der Waals surface area contributed by atoms with E-state index in [0.29, 0.717) is 19.1 Å². The van der Waals surface area contributed by atoms with Crippen molar-refractivity contribution in [3.63, 3.8) is 0 Å². The highest BCUT2D eigenvalue weighted by Gasteiger charge is 2.37. The van der Waals surface area contributed by atoms with E-state index in [-0.39, 0.29) is 30.6 Å². The number of benzene rings is 1. The van der Waals surface area contributed by atoms with Gasteiger partial charge in [-0.15, -0.1) is 0 Å². The molecule has 2 bridgehead atoms. The van der Waals surface area contributed by atoms with E-state index in [2.05, 4.69) is 22.9 Å². The van der Waals surface area contributed by atoms with E-state index < -0.39 is 10.0 Å². The molecular weight excluding hydrogens is 402 g/mol. The van der Waals surface area contributed by atoms with Crippen molar-refractivity contribution in [2.24, 2.45) is 0 Å². The van der Waals surface area contributed by atoms with E-state index in [1.807, 2.05) is 22.9 Å². The minimum Gasteiger partial charge on any atom is -0.376 e. The second kappa shape index (κ2) is 8.85. The maximum absolute atomic E-state index is 13.3. The molecule has 0 aromatic heterocycles. The first-order chi connectivity index (χ1) is 14.3. The molecule has 30 heavy (non-hydrogen) atoms. The number of rotatable bonds is 2. The molecule has 8 heteroatoms. The van der Waals surface area contributed by atoms with Crippen LogP contribution >= 0.6 is 0 Å². The second-order valence-corrected chi connectivity index (χ2v) is 10.8. The van der Waals surface area contributed by atoms with Gasteiger partial charge in [-0.05, 0) is 56.1 Å². The molecule has 166 valence electrons. The Morgan fingerprint density at radius 3 is 2.57 bits per heavy atom. The summed E-state index contributed by atoms with van der Waals surface area (Å²) in [6.07, 6.45) is 6.98. The van der Waals surface area contributed by atoms with Gasteiger partial charge in [-0.25, -0.2) is 13.1 Å². The van der Waals surface area contributed by atoms with Crippen molar-refractivity contribution in [2.75, 3.05) is 37.9 Å². The molecule has 4 aliphatic rings. The number of carbonyl (C=O) groups excluding carboxylic acids is 1. The fourth-order valence-electron chi connectivity index (χ4n) is 5.32. The van der Waals surface area contributed by atoms with Crippen molar-refractivity contribution < 1.29 is 17.9 Å². The van der Waals surface area contributed by atoms with Gasteiger partial charge in [-0.1, -0.05) is 18.2 Å². The maximum atomic E-state index is 13.3. The molecule has 1 unspecified atom stereocenters. The molecule has 1 N–H and O–H groups in total. The number of nitrogens with zero attached hydrogens (tertiary/aromatic N) is 2. The number of nitrogens with one attached hydrogen (secondary N) is 1. The number of anilines is 1. The zero-order chi connectivity index (χ0) is 21.3. The van der Waals surface area contributed by atoms with Crippen molar-refractivity contribution in [1.82, 2.24) is 9.62 Å². The van der Waals surface area contributed by atoms with Crippen LogP contribution in [0.25, 0.3) is 0 Å². The first-order valence-electron chi connectivity index (χ1n) is 11.0. The SMILES string of the molecule is CN1CC(=O)N2CCC[C@H](NS(C)(=O)=O)C2COC2CCC(CC2)c2ccccc21. The number of sulfonamides is 1. The number of likely N-dealkylation sites (N-methyl/N-ethyl adjacent to an activating group) is 1. The van der Waals surface area contributed by atoms with Gasteiger partial charge >= 0.3 is 0 Å². The van der Waals surface area contributed by atoms with Gasteiger partial charge in [-0.2, -0.15) is 0 Å². The van der Waals surface area contributed by atoms with E-state index in [1.54, 1.807) is 0 Å². The summed E-state index contributed by atoms with van der Waals surface area (Å²) in [5, 5.41) is 0. The number of carbonyl (C=O) groups is 1. The summed E-state index contributed by atoms with van der Waals surface area (Å²) in [6, 6.07) is 7.82. The summed E-state index contributed by atoms with van der Waals surface area (Å²) in [7, 11) is -1.39. The lowest BCUT2D eigenvalue weighted by Gasteiger charge is -2.42. The molecule has 2 atom stereocenters. The molecule has 1 aromatic carbocycles. The first kappa shape index (κ1) is 21.6. The van der Waals surface area contributed by atoms with Gasteiger partial charge in [0.2, 0.25) is 15.9 Å². The van der Waals surface area contributed by atoms with Crippen LogP contribution in [-0.4, -0.2) is 70.4 Å². The molecule has 1 saturated carbocycles. The summed E-state index contributed by atoms with van der Waals surface area (Å²) >= 11 is 0. The highest BCUT2D eigenvalue weighted by atomic mass is 32.2. The molecule has 3 aliphatic heterocycles. The maximum Gasteiger partial charge on any atom is 0.242 e. The van der Waals surface area contributed by atoms with Crippen molar-refractivity contribution in [2.45, 2.75) is 62.6 Å². The Bertz CT molecular complexity index is 867. The number of piperidine rings is 1. The fraction of sp³-hybridized carbons (Fsp3) is 0.682. The predicted octanol–water partition coefficient (Wildman–Crippen LogP) is 2.09. The average Bonchev–Trinajstić information content (AvgIpc) is 2.72. The van der Waals surface area contributed by atoms with Crippen molar-refractivity contribution in [3.05, 3.63) is 29.8 Å². The molecule has 2 fully saturated rings. The van der Waals surface area contributed by atoms with Crippen LogP contribution in [0.4, 0.5) is 5.69 Å². The molecule has 0 spiro atoms. The molecule has 0 radical (unpaired) electrons. The Hall–Kier alpha value is -1.64. The van der Waals surface area contributed by atoms with Crippen LogP contribution in [0.2, 0.25) is 0 Å². The van der Waals surface area contributed by atoms with Crippen LogP contribution in [0.15, 0.2) is 24.3 Å². The van der Waals surface area contributed by atoms with E-state index in [1.165, 1.54) is 11.8 Å². The van der Waals surface area contributed by atoms with Crippen LogP contribution < -0.4 is 9.62 Å². The molecular formula is C22H33N3O4S. The standard InChI is InChI=1S/C22H33N3O4S/c1-24-14-22(26)25-13-5-7-19(23-30(2,27)28)21(25)15-29-17-11-9-16(10-12-17)18-6-3-4-8-20(18)24/h3-4,6,8,16-17,19,21,23H,5,7,9-15H2,1-2H3/t16?,17?,19-,21?/m0/s1. The molecule has 5 rings (SSSR count). The number of amides is 1. The Labute approximate surface area is 179 Å². The number of fused-ring (bicyclic) bond motifs is 5. The fourth-order valence-corrected chi connectivity index (χ4v) is 6.14. The summed E-state index contributed by atoms with van der Waals surface area (Å²) in [6.45, 7) is 1.29. The lowest BCUT2D eigenvalue weighted by molar-refractivity contribution is -0.136. The van der Waals surface area contributed by atoms with Crippen LogP contribution in [0, 0.1) is 0 Å². The third-order valence-corrected chi connectivity index (χ3v) is 7.53. The largest absolute Gasteiger partial charge is 0.376 e. The van der Waals surface area contributed by atoms with Crippen molar-refractivity contribution in [1.29, 1.82) is 0 Å². The zero-order valence-electron chi connectivity index (χ0n) is 17.9. The van der Waals surface area contributed by atoms with Crippen LogP contribution in [0.5, 0.6) is 0 Å². The average molecular weight is 436 g/mol. The van der Waals surface area contributed by atoms with Gasteiger partial charge in [0, 0.05) is 25.3 Å². The Balaban J connectivity index is 1.65. The monoisotopic (exact) mass is 435 g/mol. The third-order valence-electron chi connectivity index (χ3n) is 6.80. The minimum atomic E-state index is -3.36. The van der Waals surface area contributed by atoms with Gasteiger partial charge in [0.1, 0.15) is 0 Å². The van der Waals surface area contributed by atoms with Gasteiger partial charge in [-0.3, -0.25) is 4.79 Å². The lowest BCUT2D eigenvalue weighted by atomic mass is 9.82. The summed E-state index contributed by atoms with van der Waals surface area (Å²) in [4.78, 5) is 17.2. The Kier molecular flexibility index (Phi) is 6.36. The molecule has 7 nitrogen and oxygen atoms in total. The zero-order valence-corrected chi connectivity index (χ0v) is 18.7. The quantitative estimate of drug-likeness (QED) is 0.770. The molecule has 1 saturated heterocycles. The normalized spacial score (nSPS) is 30.7. The highest BCUT2D eigenvalue weighted by molar-refractivity contribution is 7.88. The van der Waals surface area contributed by atoms with Crippen LogP contribution in [-0.2, 0) is 19.6 Å². The summed E-state index contributed by atoms with van der Waals surface area (Å²) < 4.78 is 32.9. The van der Waals surface area contributed by atoms with Crippen LogP contribution in [0.1, 0.15) is 50.0 Å². The second-order valence-electron chi connectivity index (χ2n) is 9.02. The molecule has 3 heterocycles. The van der Waals surface area contributed by atoms with Gasteiger partial charge in [0.15, 0.2) is 0 Å². The van der Waals surface area contributed by atoms with Crippen molar-refractivity contribution >= 4 is 21.6 Å². The Morgan fingerprint density at radius 2 is 1.83 bits per heavy atom.